The maximum Gasteiger partial charge on any atom is 0.323 e. The van der Waals surface area contributed by atoms with Crippen molar-refractivity contribution < 1.29 is 109 Å². The molecule has 0 aromatic rings. The van der Waals surface area contributed by atoms with E-state index in [-0.39, 0.29) is 94.2 Å². The number of carbonyl (C=O) groups is 4. The maximum atomic E-state index is 14.5. The Hall–Kier alpha value is -2.78. The zero-order chi connectivity index (χ0) is 58.2. The Bertz CT molecular complexity index is 1880. The number of aliphatic hydroxyl groups is 2. The van der Waals surface area contributed by atoms with Crippen LogP contribution in [0.5, 0.6) is 0 Å². The Balaban J connectivity index is 0.000000538. The molecule has 0 aliphatic heterocycles. The summed E-state index contributed by atoms with van der Waals surface area (Å²) < 4.78 is 57.2. The Kier molecular flexibility index (Phi) is 30.9. The molecule has 472 valence electrons. The zero-order valence-corrected chi connectivity index (χ0v) is 46.9. The summed E-state index contributed by atoms with van der Waals surface area (Å²) in [6, 6.07) is -0.398. The van der Waals surface area contributed by atoms with E-state index in [1.807, 2.05) is 0 Å². The number of carboxylic acid groups (broad SMARTS) is 4. The van der Waals surface area contributed by atoms with Crippen molar-refractivity contribution >= 4 is 53.8 Å². The lowest BCUT2D eigenvalue weighted by Gasteiger charge is -2.32. The molecule has 0 aromatic carbocycles. The first-order valence-electron chi connectivity index (χ1n) is 27.9. The van der Waals surface area contributed by atoms with Crippen LogP contribution >= 0.6 is 0 Å². The van der Waals surface area contributed by atoms with Crippen molar-refractivity contribution in [3.63, 3.8) is 0 Å². The highest BCUT2D eigenvalue weighted by molar-refractivity contribution is 6.25. The fraction of sp³-hybridized carbons (Fsp3) is 0.920. The summed E-state index contributed by atoms with van der Waals surface area (Å²) in [5.74, 6) is -7.72. The molecular weight excluding hydrogens is 1090 g/mol. The second kappa shape index (κ2) is 32.8. The Morgan fingerprint density at radius 1 is 0.427 bits per heavy atom. The van der Waals surface area contributed by atoms with Crippen LogP contribution in [0.25, 0.3) is 0 Å². The van der Waals surface area contributed by atoms with Crippen LogP contribution in [-0.2, 0) is 19.2 Å². The maximum absolute atomic E-state index is 14.5. The van der Waals surface area contributed by atoms with Gasteiger partial charge in [0.25, 0.3) is 29.9 Å². The number of aliphatic hydroxyl groups excluding tert-OH is 2. The molecule has 0 unspecified atom stereocenters. The molecule has 0 bridgehead atoms. The van der Waals surface area contributed by atoms with Crippen molar-refractivity contribution in [3.8, 4) is 0 Å². The third kappa shape index (κ3) is 15.7. The van der Waals surface area contributed by atoms with E-state index in [4.69, 9.17) is 43.0 Å². The van der Waals surface area contributed by atoms with Crippen molar-refractivity contribution in [2.75, 3.05) is 14.1 Å². The largest absolute Gasteiger partial charge is 0.480 e. The van der Waals surface area contributed by atoms with Crippen LogP contribution in [0.4, 0.5) is 17.6 Å². The van der Waals surface area contributed by atoms with Gasteiger partial charge in [0.15, 0.2) is 0 Å². The quantitative estimate of drug-likeness (QED) is 0.0290. The fourth-order valence-corrected chi connectivity index (χ4v) is 16.4. The van der Waals surface area contributed by atoms with Gasteiger partial charge in [-0.05, 0) is 150 Å². The number of carboxylic acids is 4. The van der Waals surface area contributed by atoms with Gasteiger partial charge in [-0.15, -0.1) is 0 Å². The van der Waals surface area contributed by atoms with Crippen LogP contribution in [0.3, 0.4) is 0 Å². The van der Waals surface area contributed by atoms with Gasteiger partial charge >= 0.3 is 23.9 Å². The Labute approximate surface area is 479 Å². The highest BCUT2D eigenvalue weighted by Gasteiger charge is 2.65. The zero-order valence-electron chi connectivity index (χ0n) is 46.9. The number of nitrogens with two attached hydrogens (primary N) is 4. The molecule has 82 heavy (non-hydrogen) atoms. The minimum atomic E-state index is -1.41. The summed E-state index contributed by atoms with van der Waals surface area (Å²) in [5, 5.41) is 97.5. The minimum absolute atomic E-state index is 0. The molecule has 8 fully saturated rings. The van der Waals surface area contributed by atoms with E-state index in [1.54, 1.807) is 14.1 Å². The molecule has 4 radical (unpaired) electrons. The summed E-state index contributed by atoms with van der Waals surface area (Å²) in [5.41, 5.74) is 18.8. The molecule has 0 heterocycles. The van der Waals surface area contributed by atoms with Crippen LogP contribution < -0.4 is 33.6 Å². The van der Waals surface area contributed by atoms with Crippen molar-refractivity contribution in [1.29, 1.82) is 0 Å². The van der Waals surface area contributed by atoms with E-state index in [0.29, 0.717) is 115 Å². The van der Waals surface area contributed by atoms with Crippen LogP contribution in [0.15, 0.2) is 0 Å². The third-order valence-electron chi connectivity index (χ3n) is 20.0. The summed E-state index contributed by atoms with van der Waals surface area (Å²) in [4.78, 5) is 45.9. The predicted octanol–water partition coefficient (Wildman–Crippen LogP) is -3.11. The number of fused-ring (bicyclic) bond motifs is 4. The molecule has 24 atom stereocenters. The van der Waals surface area contributed by atoms with Crippen molar-refractivity contribution in [2.24, 2.45) is 93.9 Å². The molecule has 0 aromatic heterocycles. The van der Waals surface area contributed by atoms with E-state index in [1.165, 1.54) is 0 Å². The SMILES string of the molecule is CN[C@@H]1C[C@@H]2C[C@@](N)(C(=O)O)[C@@H](CCC[B]O)[C@@H]2[C@H]1F.CN[C@H]1C[C@@H]2C[C@@](N)(C(=O)O)[C@@H](CCC[B]O)[C@@H]2[C@H]1F.N[C@@]1(C(=O)O)C[C@H]2C[C@@H](O)[C@H](F)[C@H]2[C@@H]1CCC[B]O.N[C@@]1(C(=O)O)C[C@H]2C[C@H](O)[C@H](F)[C@H]2[C@@H]1CCC[B]O.O.O.O.O. The number of alkyl halides is 4. The van der Waals surface area contributed by atoms with Gasteiger partial charge in [0.1, 0.15) is 46.8 Å². The lowest BCUT2D eigenvalue weighted by molar-refractivity contribution is -0.146. The van der Waals surface area contributed by atoms with Crippen molar-refractivity contribution in [3.05, 3.63) is 0 Å². The Morgan fingerprint density at radius 2 is 0.634 bits per heavy atom. The predicted molar refractivity (Wildman–Crippen MR) is 297 cm³/mol. The molecule has 24 nitrogen and oxygen atoms in total. The fourth-order valence-electron chi connectivity index (χ4n) is 16.4. The molecule has 8 saturated carbocycles. The van der Waals surface area contributed by atoms with Gasteiger partial charge in [-0.1, -0.05) is 51.0 Å². The molecule has 28 N–H and O–H groups in total. The summed E-state index contributed by atoms with van der Waals surface area (Å²) in [6.07, 6.45) is 2.37. The number of rotatable bonds is 22. The van der Waals surface area contributed by atoms with Gasteiger partial charge in [0.05, 0.1) is 12.2 Å². The van der Waals surface area contributed by atoms with Gasteiger partial charge in [-0.2, -0.15) is 0 Å². The summed E-state index contributed by atoms with van der Waals surface area (Å²) >= 11 is 0. The molecule has 0 spiro atoms. The highest BCUT2D eigenvalue weighted by Crippen LogP contribution is 2.58. The van der Waals surface area contributed by atoms with E-state index >= 15 is 0 Å². The van der Waals surface area contributed by atoms with E-state index in [0.717, 1.165) is 29.9 Å². The molecule has 0 amide bonds. The monoisotopic (exact) mass is 1190 g/mol. The number of hydrogen-bond acceptors (Lipinski definition) is 16. The van der Waals surface area contributed by atoms with Gasteiger partial charge in [0.2, 0.25) is 0 Å². The lowest BCUT2D eigenvalue weighted by atomic mass is 9.76. The topological polar surface area (TPSA) is 525 Å². The van der Waals surface area contributed by atoms with Crippen molar-refractivity contribution in [2.45, 2.75) is 199 Å². The highest BCUT2D eigenvalue weighted by atomic mass is 19.1. The first-order valence-corrected chi connectivity index (χ1v) is 27.9. The summed E-state index contributed by atoms with van der Waals surface area (Å²) in [7, 11) is 7.62. The molecule has 8 rings (SSSR count). The van der Waals surface area contributed by atoms with Crippen LogP contribution in [0, 0.1) is 71.0 Å². The second-order valence-corrected chi connectivity index (χ2v) is 24.1. The van der Waals surface area contributed by atoms with E-state index in [2.05, 4.69) is 10.6 Å². The molecule has 32 heteroatoms. The Morgan fingerprint density at radius 3 is 0.829 bits per heavy atom. The van der Waals surface area contributed by atoms with Gasteiger partial charge in [0, 0.05) is 23.9 Å². The minimum Gasteiger partial charge on any atom is -0.480 e. The first-order chi connectivity index (χ1) is 36.7. The number of halogens is 4. The van der Waals surface area contributed by atoms with Crippen LogP contribution in [0.1, 0.15) is 103 Å². The van der Waals surface area contributed by atoms with E-state index in [9.17, 15) is 67.4 Å². The normalized spacial score (nSPS) is 42.1. The third-order valence-corrected chi connectivity index (χ3v) is 20.0. The molecule has 0 saturated heterocycles. The first kappa shape index (κ1) is 77.2. The second-order valence-electron chi connectivity index (χ2n) is 24.1. The van der Waals surface area contributed by atoms with Gasteiger partial charge in [-0.3, -0.25) is 19.2 Å². The molecular formula is C50H94B4F4N6O18. The van der Waals surface area contributed by atoms with Crippen LogP contribution in [0.2, 0.25) is 25.3 Å². The molecule has 8 aliphatic carbocycles. The number of aliphatic carboxylic acids is 4. The van der Waals surface area contributed by atoms with Crippen molar-refractivity contribution in [1.82, 2.24) is 10.6 Å². The van der Waals surface area contributed by atoms with Crippen LogP contribution in [-0.4, -0.2) is 212 Å². The lowest BCUT2D eigenvalue weighted by Crippen LogP contribution is -2.53. The number of nitrogens with one attached hydrogen (secondary N) is 2. The molecule has 8 aliphatic rings. The standard InChI is InChI=1S/2C13H23BFN2O3.2C12H20BFNO4.4H2O/c2*1-17-9-5-7-6-13(16,12(18)19)8(3-2-4-14-20)10(7)11(9)15;2*14-10-8(16)4-6-5-12(15,11(17)18)7(9(6)10)2-1-3-13-19;;;;/h2*7-11,17,20H,2-6,16H2,1H3,(H,18,19);2*6-10,16,19H,1-5,15H2,(H,17,18);4*1H2/t7-,8+,9+,10-,11+,13+;7-,8+,9-,10-,11+,13+;6-,7+,8+,9-,10+,12+;6-,7+,8-,9-,10+,12+;;;;/m1111..../s1. The summed E-state index contributed by atoms with van der Waals surface area (Å²) in [6.45, 7) is 0. The number of hydrogen-bond donors (Lipinski definition) is 16. The van der Waals surface area contributed by atoms with E-state index < -0.39 is 107 Å². The smallest absolute Gasteiger partial charge is 0.323 e. The average molecular weight is 1190 g/mol. The van der Waals surface area contributed by atoms with Gasteiger partial charge < -0.3 is 106 Å². The average Bonchev–Trinajstić information content (AvgIpc) is 4.25. The van der Waals surface area contributed by atoms with Gasteiger partial charge in [-0.25, -0.2) is 17.6 Å².